The second kappa shape index (κ2) is 13.4. The molecule has 0 aromatic heterocycles. The van der Waals surface area contributed by atoms with Crippen molar-refractivity contribution in [1.29, 1.82) is 5.26 Å². The topological polar surface area (TPSA) is 135 Å². The third-order valence-electron chi connectivity index (χ3n) is 7.22. The summed E-state index contributed by atoms with van der Waals surface area (Å²) in [6, 6.07) is 10.5. The summed E-state index contributed by atoms with van der Waals surface area (Å²) >= 11 is 0. The van der Waals surface area contributed by atoms with Gasteiger partial charge in [0.05, 0.1) is 24.8 Å². The van der Waals surface area contributed by atoms with Crippen LogP contribution in [0.1, 0.15) is 58.6 Å². The molecule has 1 aromatic carbocycles. The predicted octanol–water partition coefficient (Wildman–Crippen LogP) is 2.65. The van der Waals surface area contributed by atoms with E-state index in [1.54, 1.807) is 35.2 Å². The van der Waals surface area contributed by atoms with E-state index in [1.165, 1.54) is 0 Å². The lowest BCUT2D eigenvalue weighted by atomic mass is 9.79. The molecule has 11 heteroatoms. The fraction of sp³-hybridized carbons (Fsp3) is 0.607. The third-order valence-corrected chi connectivity index (χ3v) is 7.22. The molecule has 2 heterocycles. The van der Waals surface area contributed by atoms with Crippen LogP contribution in [0.5, 0.6) is 0 Å². The Kier molecular flexibility index (Phi) is 10.6. The number of hydrogen-bond donors (Lipinski definition) is 3. The van der Waals surface area contributed by atoms with Crippen molar-refractivity contribution in [3.05, 3.63) is 47.5 Å². The lowest BCUT2D eigenvalue weighted by Gasteiger charge is -2.45. The smallest absolute Gasteiger partial charge is 0.444 e. The van der Waals surface area contributed by atoms with Gasteiger partial charge in [0.15, 0.2) is 0 Å². The van der Waals surface area contributed by atoms with Gasteiger partial charge in [-0.2, -0.15) is 5.26 Å². The summed E-state index contributed by atoms with van der Waals surface area (Å²) in [6.45, 7) is 10.6. The lowest BCUT2D eigenvalue weighted by molar-refractivity contribution is -0.128. The molecule has 212 valence electrons. The normalized spacial score (nSPS) is 21.3. The van der Waals surface area contributed by atoms with Crippen molar-refractivity contribution in [3.63, 3.8) is 0 Å². The molecule has 3 N–H and O–H groups in total. The van der Waals surface area contributed by atoms with Gasteiger partial charge in [-0.1, -0.05) is 30.3 Å². The maximum absolute atomic E-state index is 13.5. The molecule has 0 saturated carbocycles. The number of morpholine rings is 1. The van der Waals surface area contributed by atoms with E-state index in [0.717, 1.165) is 18.4 Å². The Hall–Kier alpha value is -2.91. The molecule has 0 unspecified atom stereocenters. The number of ether oxygens (including phenoxy) is 2. The molecular formula is C28H41BN4O6. The number of carbonyl (C=O) groups excluding carboxylic acids is 2. The van der Waals surface area contributed by atoms with Gasteiger partial charge in [0, 0.05) is 31.5 Å². The van der Waals surface area contributed by atoms with Crippen LogP contribution in [0.15, 0.2) is 42.0 Å². The number of rotatable bonds is 8. The standard InChI is InChI=1S/C28H41BN4O6/c1-27(2,33-14-15-38-28(3,4)20-33)16-22(18-30)25(34)32-13-9-8-12-23(19-32)39-26(35)31-24(17-29(36)37)21-10-6-5-7-11-21/h5-7,10-11,16,23-24,36-37H,8-9,12-15,17,19-20H2,1-4H3,(H,31,35)/t23-,24-/m1/s1. The molecule has 1 aromatic rings. The first-order valence-corrected chi connectivity index (χ1v) is 13.6. The SMILES string of the molecule is CC1(C)CN(C(C)(C)C=C(C#N)C(=O)N2CCCC[C@@H](OC(=O)N[C@H](CB(O)O)c3ccccc3)C2)CCO1. The Bertz CT molecular complexity index is 1060. The second-order valence-corrected chi connectivity index (χ2v) is 11.5. The number of hydrogen-bond acceptors (Lipinski definition) is 8. The van der Waals surface area contributed by atoms with Crippen molar-refractivity contribution >= 4 is 19.1 Å². The van der Waals surface area contributed by atoms with Gasteiger partial charge >= 0.3 is 13.2 Å². The second-order valence-electron chi connectivity index (χ2n) is 11.5. The third kappa shape index (κ3) is 9.07. The van der Waals surface area contributed by atoms with E-state index < -0.39 is 30.9 Å². The minimum absolute atomic E-state index is 0.0653. The number of alkyl carbamates (subject to hydrolysis) is 1. The molecule has 2 aliphatic rings. The number of nitrogens with one attached hydrogen (secondary N) is 1. The molecular weight excluding hydrogens is 499 g/mol. The van der Waals surface area contributed by atoms with Gasteiger partial charge in [0.1, 0.15) is 17.7 Å². The Morgan fingerprint density at radius 3 is 2.64 bits per heavy atom. The maximum Gasteiger partial charge on any atom is 0.453 e. The van der Waals surface area contributed by atoms with Gasteiger partial charge in [-0.25, -0.2) is 4.79 Å². The van der Waals surface area contributed by atoms with Gasteiger partial charge in [-0.3, -0.25) is 9.69 Å². The fourth-order valence-electron chi connectivity index (χ4n) is 5.15. The quantitative estimate of drug-likeness (QED) is 0.260. The van der Waals surface area contributed by atoms with Crippen LogP contribution in [0.4, 0.5) is 4.79 Å². The first kappa shape index (κ1) is 30.6. The number of carbonyl (C=O) groups is 2. The Balaban J connectivity index is 1.67. The van der Waals surface area contributed by atoms with Gasteiger partial charge in [-0.05, 0) is 58.6 Å². The summed E-state index contributed by atoms with van der Waals surface area (Å²) in [5, 5.41) is 31.6. The van der Waals surface area contributed by atoms with E-state index in [9.17, 15) is 24.9 Å². The van der Waals surface area contributed by atoms with E-state index >= 15 is 0 Å². The molecule has 2 atom stereocenters. The highest BCUT2D eigenvalue weighted by Crippen LogP contribution is 2.27. The van der Waals surface area contributed by atoms with Crippen molar-refractivity contribution in [3.8, 4) is 6.07 Å². The number of benzene rings is 1. The van der Waals surface area contributed by atoms with Crippen LogP contribution in [-0.2, 0) is 14.3 Å². The van der Waals surface area contributed by atoms with E-state index in [0.29, 0.717) is 32.7 Å². The van der Waals surface area contributed by atoms with E-state index in [2.05, 4.69) is 16.3 Å². The summed E-state index contributed by atoms with van der Waals surface area (Å²) < 4.78 is 11.5. The van der Waals surface area contributed by atoms with Crippen LogP contribution in [0.2, 0.25) is 6.32 Å². The Morgan fingerprint density at radius 1 is 1.28 bits per heavy atom. The molecule has 2 saturated heterocycles. The van der Waals surface area contributed by atoms with Gasteiger partial charge in [0.25, 0.3) is 5.91 Å². The summed E-state index contributed by atoms with van der Waals surface area (Å²) in [5.41, 5.74) is -0.0661. The number of likely N-dealkylation sites (tertiary alicyclic amines) is 1. The molecule has 2 amide bonds. The fourth-order valence-corrected chi connectivity index (χ4v) is 5.15. The first-order chi connectivity index (χ1) is 18.4. The molecule has 0 bridgehead atoms. The Labute approximate surface area is 231 Å². The molecule has 0 spiro atoms. The van der Waals surface area contributed by atoms with Crippen LogP contribution in [0.25, 0.3) is 0 Å². The number of nitrogens with zero attached hydrogens (tertiary/aromatic N) is 3. The molecule has 2 fully saturated rings. The molecule has 3 rings (SSSR count). The van der Waals surface area contributed by atoms with E-state index in [4.69, 9.17) is 9.47 Å². The average molecular weight is 540 g/mol. The molecule has 0 radical (unpaired) electrons. The molecule has 10 nitrogen and oxygen atoms in total. The highest BCUT2D eigenvalue weighted by atomic mass is 16.6. The Morgan fingerprint density at radius 2 is 2.00 bits per heavy atom. The zero-order chi connectivity index (χ0) is 28.6. The number of nitriles is 1. The van der Waals surface area contributed by atoms with Crippen LogP contribution >= 0.6 is 0 Å². The lowest BCUT2D eigenvalue weighted by Crippen LogP contribution is -2.55. The molecule has 39 heavy (non-hydrogen) atoms. The van der Waals surface area contributed by atoms with Crippen molar-refractivity contribution in [2.75, 3.05) is 32.8 Å². The van der Waals surface area contributed by atoms with E-state index in [1.807, 2.05) is 33.8 Å². The summed E-state index contributed by atoms with van der Waals surface area (Å²) in [7, 11) is -1.61. The van der Waals surface area contributed by atoms with Crippen molar-refractivity contribution in [2.45, 2.75) is 76.6 Å². The van der Waals surface area contributed by atoms with Crippen LogP contribution in [-0.4, -0.2) is 89.0 Å². The van der Waals surface area contributed by atoms with Crippen LogP contribution in [0, 0.1) is 11.3 Å². The zero-order valence-corrected chi connectivity index (χ0v) is 23.4. The van der Waals surface area contributed by atoms with Gasteiger partial charge in [0.2, 0.25) is 0 Å². The largest absolute Gasteiger partial charge is 0.453 e. The summed E-state index contributed by atoms with van der Waals surface area (Å²) in [5.74, 6) is -0.375. The highest BCUT2D eigenvalue weighted by Gasteiger charge is 2.36. The number of amides is 2. The first-order valence-electron chi connectivity index (χ1n) is 13.6. The van der Waals surface area contributed by atoms with Crippen LogP contribution < -0.4 is 5.32 Å². The zero-order valence-electron chi connectivity index (χ0n) is 23.4. The van der Waals surface area contributed by atoms with Crippen molar-refractivity contribution < 1.29 is 29.1 Å². The molecule has 0 aliphatic carbocycles. The minimum atomic E-state index is -1.61. The summed E-state index contributed by atoms with van der Waals surface area (Å²) in [6.07, 6.45) is 2.46. The van der Waals surface area contributed by atoms with Gasteiger partial charge in [-0.15, -0.1) is 0 Å². The van der Waals surface area contributed by atoms with E-state index in [-0.39, 0.29) is 29.9 Å². The molecule has 2 aliphatic heterocycles. The van der Waals surface area contributed by atoms with Crippen LogP contribution in [0.3, 0.4) is 0 Å². The van der Waals surface area contributed by atoms with Gasteiger partial charge < -0.3 is 29.7 Å². The van der Waals surface area contributed by atoms with Crippen molar-refractivity contribution in [1.82, 2.24) is 15.1 Å². The highest BCUT2D eigenvalue weighted by molar-refractivity contribution is 6.41. The van der Waals surface area contributed by atoms with Crippen molar-refractivity contribution in [2.24, 2.45) is 0 Å². The summed E-state index contributed by atoms with van der Waals surface area (Å²) in [4.78, 5) is 30.1. The average Bonchev–Trinajstić information content (AvgIpc) is 3.11. The minimum Gasteiger partial charge on any atom is -0.444 e. The monoisotopic (exact) mass is 540 g/mol. The predicted molar refractivity (Wildman–Crippen MR) is 147 cm³/mol. The maximum atomic E-state index is 13.5.